The van der Waals surface area contributed by atoms with Gasteiger partial charge in [0.15, 0.2) is 5.65 Å². The first kappa shape index (κ1) is 17.0. The zero-order valence-electron chi connectivity index (χ0n) is 14.7. The van der Waals surface area contributed by atoms with E-state index in [1.807, 2.05) is 18.2 Å². The molecule has 3 rings (SSSR count). The summed E-state index contributed by atoms with van der Waals surface area (Å²) in [6, 6.07) is 9.14. The number of aromatic nitrogens is 3. The minimum absolute atomic E-state index is 0.108. The second-order valence-corrected chi connectivity index (χ2v) is 5.72. The van der Waals surface area contributed by atoms with Gasteiger partial charge in [0.25, 0.3) is 5.56 Å². The summed E-state index contributed by atoms with van der Waals surface area (Å²) in [7, 11) is 3.28. The molecule has 0 unspecified atom stereocenters. The van der Waals surface area contributed by atoms with Crippen molar-refractivity contribution >= 4 is 5.65 Å². The van der Waals surface area contributed by atoms with Gasteiger partial charge in [-0.2, -0.15) is 0 Å². The maximum absolute atomic E-state index is 12.1. The van der Waals surface area contributed by atoms with Gasteiger partial charge in [-0.15, -0.1) is 0 Å². The zero-order valence-corrected chi connectivity index (χ0v) is 14.7. The Kier molecular flexibility index (Phi) is 5.04. The summed E-state index contributed by atoms with van der Waals surface area (Å²) < 4.78 is 12.1. The average molecular weight is 342 g/mol. The largest absolute Gasteiger partial charge is 0.497 e. The van der Waals surface area contributed by atoms with Crippen molar-refractivity contribution < 1.29 is 9.47 Å². The highest BCUT2D eigenvalue weighted by Crippen LogP contribution is 2.26. The van der Waals surface area contributed by atoms with Crippen LogP contribution in [0.25, 0.3) is 5.65 Å². The van der Waals surface area contributed by atoms with Crippen LogP contribution in [0.5, 0.6) is 11.5 Å². The number of hydrogen-bond donors (Lipinski definition) is 1. The molecule has 0 aliphatic rings. The summed E-state index contributed by atoms with van der Waals surface area (Å²) in [4.78, 5) is 18.8. The Labute approximate surface area is 145 Å². The van der Waals surface area contributed by atoms with Crippen LogP contribution in [-0.4, -0.2) is 40.3 Å². The number of rotatable bonds is 7. The van der Waals surface area contributed by atoms with Gasteiger partial charge in [-0.25, -0.2) is 9.50 Å². The Hall–Kier alpha value is -2.80. The highest BCUT2D eigenvalue weighted by atomic mass is 16.5. The van der Waals surface area contributed by atoms with Crippen LogP contribution in [0.2, 0.25) is 0 Å². The summed E-state index contributed by atoms with van der Waals surface area (Å²) in [5.74, 6) is 1.54. The molecular formula is C18H22N4O3. The Morgan fingerprint density at radius 1 is 1.16 bits per heavy atom. The number of benzene rings is 1. The van der Waals surface area contributed by atoms with E-state index in [9.17, 15) is 4.79 Å². The Balaban J connectivity index is 1.81. The van der Waals surface area contributed by atoms with E-state index in [1.54, 1.807) is 32.5 Å². The smallest absolute Gasteiger partial charge is 0.272 e. The second-order valence-electron chi connectivity index (χ2n) is 5.72. The predicted molar refractivity (Wildman–Crippen MR) is 95.1 cm³/mol. The molecule has 0 aliphatic carbocycles. The van der Waals surface area contributed by atoms with E-state index in [-0.39, 0.29) is 5.56 Å². The van der Waals surface area contributed by atoms with Crippen LogP contribution in [0.1, 0.15) is 18.2 Å². The highest BCUT2D eigenvalue weighted by molar-refractivity contribution is 5.41. The first-order valence-electron chi connectivity index (χ1n) is 8.14. The van der Waals surface area contributed by atoms with Gasteiger partial charge in [-0.05, 0) is 12.6 Å². The third kappa shape index (κ3) is 3.66. The lowest BCUT2D eigenvalue weighted by Gasteiger charge is -2.21. The molecule has 0 aliphatic heterocycles. The zero-order chi connectivity index (χ0) is 17.8. The molecule has 0 radical (unpaired) electrons. The minimum Gasteiger partial charge on any atom is -0.497 e. The van der Waals surface area contributed by atoms with Gasteiger partial charge in [0.1, 0.15) is 11.5 Å². The van der Waals surface area contributed by atoms with E-state index < -0.39 is 0 Å². The van der Waals surface area contributed by atoms with E-state index in [0.717, 1.165) is 29.3 Å². The quantitative estimate of drug-likeness (QED) is 0.712. The standard InChI is InChI=1S/C18H22N4O3/c1-4-21(11-13-5-6-15(24-2)10-16(13)25-3)12-14-9-18(23)22-17(20-14)7-8-19-22/h5-10,19H,4,11-12H2,1-3H3. The molecular weight excluding hydrogens is 320 g/mol. The van der Waals surface area contributed by atoms with Gasteiger partial charge in [0.05, 0.1) is 19.9 Å². The molecule has 1 aromatic carbocycles. The van der Waals surface area contributed by atoms with Gasteiger partial charge in [0.2, 0.25) is 0 Å². The number of H-pyrrole nitrogens is 1. The molecule has 2 heterocycles. The van der Waals surface area contributed by atoms with Crippen molar-refractivity contribution in [3.63, 3.8) is 0 Å². The monoisotopic (exact) mass is 342 g/mol. The number of hydrogen-bond acceptors (Lipinski definition) is 5. The minimum atomic E-state index is -0.108. The molecule has 1 N–H and O–H groups in total. The molecule has 0 saturated heterocycles. The van der Waals surface area contributed by atoms with Crippen molar-refractivity contribution in [1.82, 2.24) is 19.5 Å². The SMILES string of the molecule is CCN(Cc1cc(=O)n2[nH]ccc2n1)Cc1ccc(OC)cc1OC. The second kappa shape index (κ2) is 7.40. The van der Waals surface area contributed by atoms with Gasteiger partial charge in [0, 0.05) is 43.0 Å². The van der Waals surface area contributed by atoms with E-state index in [2.05, 4.69) is 21.9 Å². The Morgan fingerprint density at radius 3 is 2.72 bits per heavy atom. The average Bonchev–Trinajstić information content (AvgIpc) is 3.10. The summed E-state index contributed by atoms with van der Waals surface area (Å²) in [6.45, 7) is 4.18. The normalized spacial score (nSPS) is 11.2. The Morgan fingerprint density at radius 2 is 2.00 bits per heavy atom. The van der Waals surface area contributed by atoms with Crippen molar-refractivity contribution in [1.29, 1.82) is 0 Å². The first-order chi connectivity index (χ1) is 12.1. The topological polar surface area (TPSA) is 71.9 Å². The highest BCUT2D eigenvalue weighted by Gasteiger charge is 2.12. The number of methoxy groups -OCH3 is 2. The fraction of sp³-hybridized carbons (Fsp3) is 0.333. The van der Waals surface area contributed by atoms with E-state index in [4.69, 9.17) is 9.47 Å². The molecule has 0 saturated carbocycles. The van der Waals surface area contributed by atoms with Gasteiger partial charge < -0.3 is 9.47 Å². The number of fused-ring (bicyclic) bond motifs is 1. The number of ether oxygens (including phenoxy) is 2. The van der Waals surface area contributed by atoms with Crippen LogP contribution >= 0.6 is 0 Å². The Bertz CT molecular complexity index is 916. The van der Waals surface area contributed by atoms with Crippen LogP contribution in [0.4, 0.5) is 0 Å². The summed E-state index contributed by atoms with van der Waals surface area (Å²) in [5.41, 5.74) is 2.33. The lowest BCUT2D eigenvalue weighted by molar-refractivity contribution is 0.263. The van der Waals surface area contributed by atoms with Crippen molar-refractivity contribution in [2.75, 3.05) is 20.8 Å². The van der Waals surface area contributed by atoms with Crippen LogP contribution in [0.3, 0.4) is 0 Å². The third-order valence-electron chi connectivity index (χ3n) is 4.15. The first-order valence-corrected chi connectivity index (χ1v) is 8.14. The number of nitrogens with one attached hydrogen (secondary N) is 1. The fourth-order valence-electron chi connectivity index (χ4n) is 2.79. The molecule has 7 heteroatoms. The van der Waals surface area contributed by atoms with Gasteiger partial charge >= 0.3 is 0 Å². The fourth-order valence-corrected chi connectivity index (χ4v) is 2.79. The molecule has 0 bridgehead atoms. The molecule has 7 nitrogen and oxygen atoms in total. The summed E-state index contributed by atoms with van der Waals surface area (Å²) in [6.07, 6.45) is 1.70. The van der Waals surface area contributed by atoms with Crippen molar-refractivity contribution in [3.8, 4) is 11.5 Å². The van der Waals surface area contributed by atoms with Gasteiger partial charge in [-0.1, -0.05) is 13.0 Å². The molecule has 3 aromatic rings. The molecule has 2 aromatic heterocycles. The maximum atomic E-state index is 12.1. The van der Waals surface area contributed by atoms with Crippen LogP contribution in [-0.2, 0) is 13.1 Å². The maximum Gasteiger partial charge on any atom is 0.272 e. The van der Waals surface area contributed by atoms with Crippen LogP contribution in [0.15, 0.2) is 41.3 Å². The van der Waals surface area contributed by atoms with E-state index in [1.165, 1.54) is 4.52 Å². The van der Waals surface area contributed by atoms with E-state index >= 15 is 0 Å². The third-order valence-corrected chi connectivity index (χ3v) is 4.15. The van der Waals surface area contributed by atoms with Crippen molar-refractivity contribution in [2.45, 2.75) is 20.0 Å². The van der Waals surface area contributed by atoms with Crippen molar-refractivity contribution in [3.05, 3.63) is 58.1 Å². The molecule has 25 heavy (non-hydrogen) atoms. The summed E-state index contributed by atoms with van der Waals surface area (Å²) in [5, 5.41) is 2.85. The van der Waals surface area contributed by atoms with Crippen molar-refractivity contribution in [2.24, 2.45) is 0 Å². The number of aromatic amines is 1. The van der Waals surface area contributed by atoms with E-state index in [0.29, 0.717) is 18.7 Å². The lowest BCUT2D eigenvalue weighted by Crippen LogP contribution is -2.25. The predicted octanol–water partition coefficient (Wildman–Crippen LogP) is 2.06. The van der Waals surface area contributed by atoms with Crippen LogP contribution in [0, 0.1) is 0 Å². The summed E-state index contributed by atoms with van der Waals surface area (Å²) >= 11 is 0. The number of nitrogens with zero attached hydrogens (tertiary/aromatic N) is 3. The molecule has 132 valence electrons. The molecule has 0 fully saturated rings. The molecule has 0 amide bonds. The van der Waals surface area contributed by atoms with Gasteiger partial charge in [-0.3, -0.25) is 14.8 Å². The lowest BCUT2D eigenvalue weighted by atomic mass is 10.1. The van der Waals surface area contributed by atoms with Crippen LogP contribution < -0.4 is 15.0 Å². The molecule has 0 atom stereocenters. The molecule has 0 spiro atoms.